The molecule has 5 nitrogen and oxygen atoms in total. The third-order valence-corrected chi connectivity index (χ3v) is 1.16. The number of ether oxygens (including phenoxy) is 1. The molecule has 64 valence electrons. The molecule has 0 amide bonds. The molecule has 1 rings (SSSR count). The first-order chi connectivity index (χ1) is 5.74. The Bertz CT molecular complexity index is 287. The summed E-state index contributed by atoms with van der Waals surface area (Å²) < 4.78 is 5.12. The van der Waals surface area contributed by atoms with Crippen LogP contribution in [0.1, 0.15) is 0 Å². The minimum absolute atomic E-state index is 0.137. The van der Waals surface area contributed by atoms with Crippen molar-refractivity contribution in [2.45, 2.75) is 0 Å². The molecule has 5 heteroatoms. The summed E-state index contributed by atoms with van der Waals surface area (Å²) in [6.07, 6.45) is 3.04. The van der Waals surface area contributed by atoms with E-state index in [2.05, 4.69) is 16.5 Å². The second-order valence-electron chi connectivity index (χ2n) is 2.08. The first kappa shape index (κ1) is 8.32. The highest BCUT2D eigenvalue weighted by atomic mass is 16.5. The molecule has 12 heavy (non-hydrogen) atoms. The molecule has 0 aliphatic carbocycles. The van der Waals surface area contributed by atoms with Crippen molar-refractivity contribution in [3.63, 3.8) is 0 Å². The maximum Gasteiger partial charge on any atom is 0.222 e. The summed E-state index contributed by atoms with van der Waals surface area (Å²) >= 11 is 0. The number of rotatable bonds is 3. The summed E-state index contributed by atoms with van der Waals surface area (Å²) in [5.41, 5.74) is 10.7. The van der Waals surface area contributed by atoms with Gasteiger partial charge in [-0.25, -0.2) is 4.98 Å². The topological polar surface area (TPSA) is 87.0 Å². The van der Waals surface area contributed by atoms with Crippen LogP contribution in [-0.2, 0) is 0 Å². The van der Waals surface area contributed by atoms with Crippen molar-refractivity contribution in [1.82, 2.24) is 9.97 Å². The zero-order valence-electron chi connectivity index (χ0n) is 6.53. The first-order valence-corrected chi connectivity index (χ1v) is 3.35. The Morgan fingerprint density at radius 3 is 2.92 bits per heavy atom. The maximum atomic E-state index is 5.47. The molecule has 0 spiro atoms. The Morgan fingerprint density at radius 2 is 2.33 bits per heavy atom. The van der Waals surface area contributed by atoms with Crippen molar-refractivity contribution < 1.29 is 4.74 Å². The summed E-state index contributed by atoms with van der Waals surface area (Å²) in [5.74, 6) is 0.798. The number of nitrogen functional groups attached to an aromatic ring is 2. The van der Waals surface area contributed by atoms with E-state index >= 15 is 0 Å². The number of hydrogen-bond acceptors (Lipinski definition) is 5. The molecule has 0 radical (unpaired) electrons. The quantitative estimate of drug-likeness (QED) is 0.626. The lowest BCUT2D eigenvalue weighted by molar-refractivity contribution is 0.362. The van der Waals surface area contributed by atoms with Gasteiger partial charge in [0.2, 0.25) is 5.95 Å². The summed E-state index contributed by atoms with van der Waals surface area (Å²) in [7, 11) is 0. The van der Waals surface area contributed by atoms with Crippen LogP contribution >= 0.6 is 0 Å². The molecule has 0 bridgehead atoms. The maximum absolute atomic E-state index is 5.47. The normalized spacial score (nSPS) is 9.33. The fourth-order valence-corrected chi connectivity index (χ4v) is 0.658. The van der Waals surface area contributed by atoms with Crippen LogP contribution < -0.4 is 16.2 Å². The fraction of sp³-hybridized carbons (Fsp3) is 0.143. The molecule has 0 saturated carbocycles. The molecule has 0 atom stereocenters. The van der Waals surface area contributed by atoms with E-state index in [4.69, 9.17) is 16.2 Å². The van der Waals surface area contributed by atoms with E-state index in [0.717, 1.165) is 0 Å². The Morgan fingerprint density at radius 1 is 1.58 bits per heavy atom. The van der Waals surface area contributed by atoms with Gasteiger partial charge in [-0.1, -0.05) is 12.7 Å². The SMILES string of the molecule is C=CCOc1cnc(N)nc1N. The highest BCUT2D eigenvalue weighted by Crippen LogP contribution is 2.17. The Labute approximate surface area is 70.1 Å². The first-order valence-electron chi connectivity index (χ1n) is 3.35. The van der Waals surface area contributed by atoms with Crippen molar-refractivity contribution in [1.29, 1.82) is 0 Å². The molecule has 0 unspecified atom stereocenters. The molecule has 1 aromatic heterocycles. The number of nitrogens with zero attached hydrogens (tertiary/aromatic N) is 2. The lowest BCUT2D eigenvalue weighted by atomic mass is 10.5. The molecule has 0 saturated heterocycles. The predicted octanol–water partition coefficient (Wildman–Crippen LogP) is 0.206. The van der Waals surface area contributed by atoms with Gasteiger partial charge in [0.25, 0.3) is 0 Å². The average Bonchev–Trinajstić information content (AvgIpc) is 2.03. The van der Waals surface area contributed by atoms with Gasteiger partial charge in [-0.05, 0) is 0 Å². The summed E-state index contributed by atoms with van der Waals surface area (Å²) in [6.45, 7) is 3.86. The average molecular weight is 166 g/mol. The van der Waals surface area contributed by atoms with Crippen LogP contribution in [0, 0.1) is 0 Å². The number of hydrogen-bond donors (Lipinski definition) is 2. The summed E-state index contributed by atoms with van der Waals surface area (Å²) in [5, 5.41) is 0. The summed E-state index contributed by atoms with van der Waals surface area (Å²) in [4.78, 5) is 7.43. The van der Waals surface area contributed by atoms with Crippen LogP contribution in [0.3, 0.4) is 0 Å². The molecule has 1 heterocycles. The number of nitrogens with two attached hydrogens (primary N) is 2. The number of aromatic nitrogens is 2. The molecular formula is C7H10N4O. The molecule has 1 aromatic rings. The Kier molecular flexibility index (Phi) is 2.47. The molecule has 0 aromatic carbocycles. The van der Waals surface area contributed by atoms with E-state index in [9.17, 15) is 0 Å². The Hall–Kier alpha value is -1.78. The standard InChI is InChI=1S/C7H10N4O/c1-2-3-12-5-4-10-7(9)11-6(5)8/h2,4H,1,3H2,(H4,8,9,10,11). The van der Waals surface area contributed by atoms with Crippen LogP contribution in [-0.4, -0.2) is 16.6 Å². The van der Waals surface area contributed by atoms with E-state index in [-0.39, 0.29) is 11.8 Å². The second-order valence-corrected chi connectivity index (χ2v) is 2.08. The molecular weight excluding hydrogens is 156 g/mol. The third kappa shape index (κ3) is 1.85. The zero-order chi connectivity index (χ0) is 8.97. The van der Waals surface area contributed by atoms with Gasteiger partial charge in [0.15, 0.2) is 11.6 Å². The smallest absolute Gasteiger partial charge is 0.222 e. The van der Waals surface area contributed by atoms with E-state index in [1.54, 1.807) is 6.08 Å². The molecule has 0 aliphatic heterocycles. The third-order valence-electron chi connectivity index (χ3n) is 1.16. The van der Waals surface area contributed by atoms with Crippen LogP contribution in [0.2, 0.25) is 0 Å². The monoisotopic (exact) mass is 166 g/mol. The number of anilines is 2. The fourth-order valence-electron chi connectivity index (χ4n) is 0.658. The predicted molar refractivity (Wildman–Crippen MR) is 46.5 cm³/mol. The second kappa shape index (κ2) is 3.56. The van der Waals surface area contributed by atoms with Gasteiger partial charge in [-0.2, -0.15) is 4.98 Å². The molecule has 4 N–H and O–H groups in total. The van der Waals surface area contributed by atoms with Crippen LogP contribution in [0.15, 0.2) is 18.9 Å². The summed E-state index contributed by atoms with van der Waals surface area (Å²) in [6, 6.07) is 0. The van der Waals surface area contributed by atoms with Gasteiger partial charge < -0.3 is 16.2 Å². The largest absolute Gasteiger partial charge is 0.484 e. The highest BCUT2D eigenvalue weighted by Gasteiger charge is 2.01. The van der Waals surface area contributed by atoms with Gasteiger partial charge in [0.1, 0.15) is 6.61 Å². The zero-order valence-corrected chi connectivity index (χ0v) is 6.53. The van der Waals surface area contributed by atoms with Crippen LogP contribution in [0.25, 0.3) is 0 Å². The van der Waals surface area contributed by atoms with E-state index in [1.165, 1.54) is 6.20 Å². The van der Waals surface area contributed by atoms with Crippen molar-refractivity contribution in [2.24, 2.45) is 0 Å². The van der Waals surface area contributed by atoms with Gasteiger partial charge in [0.05, 0.1) is 6.20 Å². The lowest BCUT2D eigenvalue weighted by Crippen LogP contribution is -2.03. The van der Waals surface area contributed by atoms with Crippen molar-refractivity contribution >= 4 is 11.8 Å². The van der Waals surface area contributed by atoms with E-state index < -0.39 is 0 Å². The van der Waals surface area contributed by atoms with Gasteiger partial charge >= 0.3 is 0 Å². The van der Waals surface area contributed by atoms with Gasteiger partial charge in [-0.15, -0.1) is 0 Å². The van der Waals surface area contributed by atoms with Crippen molar-refractivity contribution in [2.75, 3.05) is 18.1 Å². The van der Waals surface area contributed by atoms with E-state index in [0.29, 0.717) is 12.4 Å². The highest BCUT2D eigenvalue weighted by molar-refractivity contribution is 5.46. The van der Waals surface area contributed by atoms with Crippen molar-refractivity contribution in [3.05, 3.63) is 18.9 Å². The van der Waals surface area contributed by atoms with Crippen LogP contribution in [0.4, 0.5) is 11.8 Å². The molecule has 0 fully saturated rings. The van der Waals surface area contributed by atoms with Gasteiger partial charge in [-0.3, -0.25) is 0 Å². The van der Waals surface area contributed by atoms with Crippen LogP contribution in [0.5, 0.6) is 5.75 Å². The molecule has 0 aliphatic rings. The van der Waals surface area contributed by atoms with E-state index in [1.807, 2.05) is 0 Å². The van der Waals surface area contributed by atoms with Crippen molar-refractivity contribution in [3.8, 4) is 5.75 Å². The minimum atomic E-state index is 0.137. The minimum Gasteiger partial charge on any atom is -0.484 e. The Balaban J connectivity index is 2.78. The lowest BCUT2D eigenvalue weighted by Gasteiger charge is -2.04. The van der Waals surface area contributed by atoms with Gasteiger partial charge in [0, 0.05) is 0 Å².